The lowest BCUT2D eigenvalue weighted by atomic mass is 9.61. The Morgan fingerprint density at radius 1 is 1.29 bits per heavy atom. The van der Waals surface area contributed by atoms with Crippen molar-refractivity contribution in [3.05, 3.63) is 24.3 Å². The molecule has 1 spiro atoms. The molecule has 1 saturated carbocycles. The lowest BCUT2D eigenvalue weighted by Crippen LogP contribution is -2.42. The molecule has 0 N–H and O–H groups in total. The van der Waals surface area contributed by atoms with Crippen LogP contribution >= 0.6 is 0 Å². The van der Waals surface area contributed by atoms with Crippen LogP contribution in [0.15, 0.2) is 29.3 Å². The monoisotopic (exact) mass is 229 g/mol. The summed E-state index contributed by atoms with van der Waals surface area (Å²) in [5, 5.41) is 0. The molecule has 0 unspecified atom stereocenters. The fourth-order valence-electron chi connectivity index (χ4n) is 3.96. The average Bonchev–Trinajstić information content (AvgIpc) is 2.51. The molecular weight excluding hydrogens is 210 g/mol. The summed E-state index contributed by atoms with van der Waals surface area (Å²) in [5.41, 5.74) is 1.22. The first-order chi connectivity index (χ1) is 8.07. The van der Waals surface area contributed by atoms with Gasteiger partial charge in [-0.25, -0.2) is 0 Å². The van der Waals surface area contributed by atoms with Crippen LogP contribution in [-0.2, 0) is 4.79 Å². The van der Waals surface area contributed by atoms with Crippen molar-refractivity contribution in [1.29, 1.82) is 0 Å². The molecule has 3 rings (SSSR count). The van der Waals surface area contributed by atoms with Crippen LogP contribution in [0.5, 0.6) is 0 Å². The molecule has 0 amide bonds. The maximum atomic E-state index is 11.3. The third-order valence-electron chi connectivity index (χ3n) is 4.85. The zero-order valence-electron chi connectivity index (χ0n) is 10.6. The zero-order chi connectivity index (χ0) is 12.1. The average molecular weight is 229 g/mol. The SMILES string of the molecule is CC1=N[C@]2(C)CCCC[C@H]2C12C=CC(=O)C=C2. The van der Waals surface area contributed by atoms with Gasteiger partial charge in [0, 0.05) is 17.0 Å². The Morgan fingerprint density at radius 2 is 2.00 bits per heavy atom. The number of aliphatic imine (C=N–C) groups is 1. The lowest BCUT2D eigenvalue weighted by molar-refractivity contribution is -0.110. The van der Waals surface area contributed by atoms with Crippen molar-refractivity contribution in [3.8, 4) is 0 Å². The van der Waals surface area contributed by atoms with Gasteiger partial charge < -0.3 is 0 Å². The van der Waals surface area contributed by atoms with E-state index in [1.165, 1.54) is 31.4 Å². The zero-order valence-corrected chi connectivity index (χ0v) is 10.6. The summed E-state index contributed by atoms with van der Waals surface area (Å²) in [6.45, 7) is 4.40. The molecule has 0 aromatic heterocycles. The van der Waals surface area contributed by atoms with E-state index in [2.05, 4.69) is 26.0 Å². The van der Waals surface area contributed by atoms with Crippen molar-refractivity contribution < 1.29 is 4.79 Å². The van der Waals surface area contributed by atoms with E-state index in [0.29, 0.717) is 5.92 Å². The first-order valence-electron chi connectivity index (χ1n) is 6.56. The van der Waals surface area contributed by atoms with E-state index in [9.17, 15) is 4.79 Å². The summed E-state index contributed by atoms with van der Waals surface area (Å²) in [6.07, 6.45) is 12.6. The minimum Gasteiger partial charge on any atom is -0.290 e. The molecule has 3 aliphatic rings. The van der Waals surface area contributed by atoms with Gasteiger partial charge in [0.2, 0.25) is 0 Å². The van der Waals surface area contributed by atoms with E-state index < -0.39 is 0 Å². The van der Waals surface area contributed by atoms with Crippen LogP contribution in [0.3, 0.4) is 0 Å². The minimum absolute atomic E-state index is 0.0664. The number of ketones is 1. The number of allylic oxidation sites excluding steroid dienone is 4. The topological polar surface area (TPSA) is 29.4 Å². The number of nitrogens with zero attached hydrogens (tertiary/aromatic N) is 1. The maximum absolute atomic E-state index is 11.3. The second-order valence-corrected chi connectivity index (χ2v) is 5.85. The fourth-order valence-corrected chi connectivity index (χ4v) is 3.96. The van der Waals surface area contributed by atoms with Gasteiger partial charge >= 0.3 is 0 Å². The van der Waals surface area contributed by atoms with Crippen LogP contribution in [0.1, 0.15) is 39.5 Å². The molecule has 90 valence electrons. The van der Waals surface area contributed by atoms with Crippen molar-refractivity contribution in [1.82, 2.24) is 0 Å². The van der Waals surface area contributed by atoms with Crippen LogP contribution in [0.4, 0.5) is 0 Å². The van der Waals surface area contributed by atoms with Gasteiger partial charge in [0.1, 0.15) is 0 Å². The number of carbonyl (C=O) groups excluding carboxylic acids is 1. The second-order valence-electron chi connectivity index (χ2n) is 5.85. The molecule has 2 nitrogen and oxygen atoms in total. The molecule has 1 heterocycles. The van der Waals surface area contributed by atoms with E-state index in [1.54, 1.807) is 12.2 Å². The van der Waals surface area contributed by atoms with E-state index in [-0.39, 0.29) is 16.7 Å². The Kier molecular flexibility index (Phi) is 2.19. The summed E-state index contributed by atoms with van der Waals surface area (Å²) < 4.78 is 0. The predicted octanol–water partition coefficient (Wildman–Crippen LogP) is 3.09. The molecule has 1 aliphatic heterocycles. The summed E-state index contributed by atoms with van der Waals surface area (Å²) in [4.78, 5) is 16.3. The molecule has 17 heavy (non-hydrogen) atoms. The summed E-state index contributed by atoms with van der Waals surface area (Å²) in [5.74, 6) is 0.650. The van der Waals surface area contributed by atoms with E-state index in [1.807, 2.05) is 0 Å². The number of fused-ring (bicyclic) bond motifs is 2. The van der Waals surface area contributed by atoms with Crippen molar-refractivity contribution in [3.63, 3.8) is 0 Å². The van der Waals surface area contributed by atoms with Gasteiger partial charge in [-0.2, -0.15) is 0 Å². The molecule has 1 fully saturated rings. The van der Waals surface area contributed by atoms with Crippen molar-refractivity contribution in [2.75, 3.05) is 0 Å². The lowest BCUT2D eigenvalue weighted by Gasteiger charge is -2.41. The molecule has 2 heteroatoms. The van der Waals surface area contributed by atoms with Gasteiger partial charge in [0.15, 0.2) is 5.78 Å². The summed E-state index contributed by atoms with van der Waals surface area (Å²) >= 11 is 0. The Bertz CT molecular complexity index is 442. The number of rotatable bonds is 0. The number of hydrogen-bond acceptors (Lipinski definition) is 2. The van der Waals surface area contributed by atoms with Crippen LogP contribution < -0.4 is 0 Å². The Balaban J connectivity index is 2.07. The van der Waals surface area contributed by atoms with Crippen molar-refractivity contribution in [2.24, 2.45) is 16.3 Å². The van der Waals surface area contributed by atoms with Crippen molar-refractivity contribution >= 4 is 11.5 Å². The Hall–Kier alpha value is -1.18. The molecule has 0 aromatic carbocycles. The molecule has 2 aliphatic carbocycles. The van der Waals surface area contributed by atoms with Crippen molar-refractivity contribution in [2.45, 2.75) is 45.1 Å². The highest BCUT2D eigenvalue weighted by Gasteiger charge is 2.54. The van der Waals surface area contributed by atoms with Crippen LogP contribution in [-0.4, -0.2) is 17.0 Å². The van der Waals surface area contributed by atoms with Gasteiger partial charge in [-0.1, -0.05) is 25.0 Å². The van der Waals surface area contributed by atoms with Crippen LogP contribution in [0, 0.1) is 11.3 Å². The van der Waals surface area contributed by atoms with Crippen LogP contribution in [0.25, 0.3) is 0 Å². The molecule has 0 saturated heterocycles. The first kappa shape index (κ1) is 10.9. The summed E-state index contributed by atoms with van der Waals surface area (Å²) in [6, 6.07) is 0. The highest BCUT2D eigenvalue weighted by Crippen LogP contribution is 2.54. The van der Waals surface area contributed by atoms with Crippen LogP contribution in [0.2, 0.25) is 0 Å². The fraction of sp³-hybridized carbons (Fsp3) is 0.600. The molecule has 2 atom stereocenters. The molecule has 0 aromatic rings. The second kappa shape index (κ2) is 3.41. The normalized spacial score (nSPS) is 38.4. The van der Waals surface area contributed by atoms with Gasteiger partial charge in [0.25, 0.3) is 0 Å². The Labute approximate surface area is 103 Å². The highest BCUT2D eigenvalue weighted by atomic mass is 16.1. The molecule has 0 bridgehead atoms. The third kappa shape index (κ3) is 1.39. The maximum Gasteiger partial charge on any atom is 0.178 e. The van der Waals surface area contributed by atoms with Gasteiger partial charge in [-0.05, 0) is 38.8 Å². The number of hydrogen-bond donors (Lipinski definition) is 0. The molecular formula is C15H19NO. The van der Waals surface area contributed by atoms with E-state index >= 15 is 0 Å². The number of carbonyl (C=O) groups is 1. The third-order valence-corrected chi connectivity index (χ3v) is 4.85. The predicted molar refractivity (Wildman–Crippen MR) is 69.2 cm³/mol. The Morgan fingerprint density at radius 3 is 2.71 bits per heavy atom. The van der Waals surface area contributed by atoms with E-state index in [0.717, 1.165) is 0 Å². The van der Waals surface area contributed by atoms with Gasteiger partial charge in [-0.3, -0.25) is 9.79 Å². The first-order valence-corrected chi connectivity index (χ1v) is 6.56. The summed E-state index contributed by atoms with van der Waals surface area (Å²) in [7, 11) is 0. The van der Waals surface area contributed by atoms with Gasteiger partial charge in [-0.15, -0.1) is 0 Å². The minimum atomic E-state index is -0.0664. The largest absolute Gasteiger partial charge is 0.290 e. The highest BCUT2D eigenvalue weighted by molar-refractivity contribution is 6.05. The smallest absolute Gasteiger partial charge is 0.178 e. The van der Waals surface area contributed by atoms with Gasteiger partial charge in [0.05, 0.1) is 5.54 Å². The standard InChI is InChI=1S/C15H19NO/c1-11-15(9-6-12(17)7-10-15)13-5-3-4-8-14(13,2)16-11/h6-7,9-10,13H,3-5,8H2,1-2H3/t13-,14-/m1/s1. The quantitative estimate of drug-likeness (QED) is 0.627. The van der Waals surface area contributed by atoms with E-state index in [4.69, 9.17) is 4.99 Å². The molecule has 0 radical (unpaired) electrons.